The third-order valence-corrected chi connectivity index (χ3v) is 5.54. The fourth-order valence-electron chi connectivity index (χ4n) is 3.91. The molecule has 1 N–H and O–H groups in total. The molecule has 1 aromatic carbocycles. The topological polar surface area (TPSA) is 74.7 Å². The van der Waals surface area contributed by atoms with Gasteiger partial charge in [0.1, 0.15) is 0 Å². The quantitative estimate of drug-likeness (QED) is 0.834. The molecule has 1 amide bonds. The van der Waals surface area contributed by atoms with Crippen molar-refractivity contribution in [3.63, 3.8) is 0 Å². The lowest BCUT2D eigenvalue weighted by molar-refractivity contribution is -0.147. The number of amides is 1. The number of likely N-dealkylation sites (tertiary alicyclic amines) is 1. The summed E-state index contributed by atoms with van der Waals surface area (Å²) in [6, 6.07) is 5.90. The van der Waals surface area contributed by atoms with Gasteiger partial charge in [0.15, 0.2) is 5.78 Å². The molecule has 1 aromatic rings. The van der Waals surface area contributed by atoms with Gasteiger partial charge >= 0.3 is 5.97 Å². The summed E-state index contributed by atoms with van der Waals surface area (Å²) in [5, 5.41) is 9.18. The predicted octanol–water partition coefficient (Wildman–Crippen LogP) is 2.85. The zero-order valence-electron chi connectivity index (χ0n) is 14.7. The molecule has 0 aromatic heterocycles. The lowest BCUT2D eigenvalue weighted by atomic mass is 9.93. The Morgan fingerprint density at radius 3 is 2.64 bits per heavy atom. The molecule has 0 radical (unpaired) electrons. The minimum absolute atomic E-state index is 0.0116. The average Bonchev–Trinajstić information content (AvgIpc) is 3.07. The molecule has 5 nitrogen and oxygen atoms in total. The van der Waals surface area contributed by atoms with Gasteiger partial charge in [-0.3, -0.25) is 14.4 Å². The van der Waals surface area contributed by atoms with E-state index >= 15 is 0 Å². The van der Waals surface area contributed by atoms with Crippen molar-refractivity contribution in [1.29, 1.82) is 0 Å². The Bertz CT molecular complexity index is 697. The molecule has 25 heavy (non-hydrogen) atoms. The summed E-state index contributed by atoms with van der Waals surface area (Å²) in [4.78, 5) is 37.7. The van der Waals surface area contributed by atoms with Crippen molar-refractivity contribution in [3.05, 3.63) is 34.9 Å². The van der Waals surface area contributed by atoms with E-state index in [0.717, 1.165) is 19.3 Å². The molecule has 0 saturated carbocycles. The first-order chi connectivity index (χ1) is 12.0. The predicted molar refractivity (Wildman–Crippen MR) is 93.6 cm³/mol. The Kier molecular flexibility index (Phi) is 5.21. The van der Waals surface area contributed by atoms with Crippen LogP contribution < -0.4 is 0 Å². The van der Waals surface area contributed by atoms with Crippen LogP contribution in [0.3, 0.4) is 0 Å². The van der Waals surface area contributed by atoms with E-state index in [1.807, 2.05) is 25.1 Å². The van der Waals surface area contributed by atoms with Crippen LogP contribution in [0.15, 0.2) is 18.2 Å². The highest BCUT2D eigenvalue weighted by atomic mass is 16.4. The standard InChI is InChI=1S/C20H25NO4/c1-13-5-6-17(20(24)25)12-21(13)19(23)10-9-18(22)16-8-7-14-3-2-4-15(14)11-16/h7-8,11,13,17H,2-6,9-10,12H2,1H3,(H,24,25). The smallest absolute Gasteiger partial charge is 0.308 e. The van der Waals surface area contributed by atoms with Gasteiger partial charge in [-0.25, -0.2) is 0 Å². The fraction of sp³-hybridized carbons (Fsp3) is 0.550. The molecule has 5 heteroatoms. The summed E-state index contributed by atoms with van der Waals surface area (Å²) in [5.74, 6) is -1.47. The number of hydrogen-bond donors (Lipinski definition) is 1. The molecule has 134 valence electrons. The first-order valence-electron chi connectivity index (χ1n) is 9.13. The van der Waals surface area contributed by atoms with E-state index < -0.39 is 11.9 Å². The number of aliphatic carboxylic acids is 1. The van der Waals surface area contributed by atoms with Crippen molar-refractivity contribution in [2.24, 2.45) is 5.92 Å². The van der Waals surface area contributed by atoms with Gasteiger partial charge in [-0.05, 0) is 56.2 Å². The number of rotatable bonds is 5. The number of carboxylic acid groups (broad SMARTS) is 1. The Balaban J connectivity index is 1.57. The number of carboxylic acids is 1. The second-order valence-corrected chi connectivity index (χ2v) is 7.27. The summed E-state index contributed by atoms with van der Waals surface area (Å²) < 4.78 is 0. The highest BCUT2D eigenvalue weighted by Crippen LogP contribution is 2.25. The third-order valence-electron chi connectivity index (χ3n) is 5.54. The lowest BCUT2D eigenvalue weighted by Crippen LogP contribution is -2.47. The maximum atomic E-state index is 12.5. The van der Waals surface area contributed by atoms with Gasteiger partial charge in [0, 0.05) is 31.0 Å². The Morgan fingerprint density at radius 2 is 1.88 bits per heavy atom. The Hall–Kier alpha value is -2.17. The summed E-state index contributed by atoms with van der Waals surface area (Å²) in [6.07, 6.45) is 4.88. The van der Waals surface area contributed by atoms with Gasteiger partial charge in [-0.15, -0.1) is 0 Å². The number of ketones is 1. The van der Waals surface area contributed by atoms with Crippen molar-refractivity contribution in [2.75, 3.05) is 6.54 Å². The largest absolute Gasteiger partial charge is 0.481 e. The van der Waals surface area contributed by atoms with Crippen molar-refractivity contribution in [3.8, 4) is 0 Å². The van der Waals surface area contributed by atoms with E-state index in [9.17, 15) is 19.5 Å². The summed E-state index contributed by atoms with van der Waals surface area (Å²) in [5.41, 5.74) is 3.27. The number of benzene rings is 1. The molecular formula is C20H25NO4. The zero-order valence-corrected chi connectivity index (χ0v) is 14.7. The van der Waals surface area contributed by atoms with E-state index in [0.29, 0.717) is 18.4 Å². The molecule has 1 saturated heterocycles. The van der Waals surface area contributed by atoms with E-state index in [1.165, 1.54) is 11.1 Å². The second kappa shape index (κ2) is 7.38. The molecule has 2 atom stereocenters. The molecule has 0 bridgehead atoms. The van der Waals surface area contributed by atoms with Crippen LogP contribution in [0.1, 0.15) is 60.5 Å². The van der Waals surface area contributed by atoms with Gasteiger partial charge in [0.05, 0.1) is 5.92 Å². The molecule has 1 heterocycles. The minimum Gasteiger partial charge on any atom is -0.481 e. The minimum atomic E-state index is -0.848. The van der Waals surface area contributed by atoms with Crippen molar-refractivity contribution in [2.45, 2.75) is 57.9 Å². The molecule has 1 aliphatic carbocycles. The highest BCUT2D eigenvalue weighted by molar-refractivity contribution is 5.98. The first-order valence-corrected chi connectivity index (χ1v) is 9.13. The summed E-state index contributed by atoms with van der Waals surface area (Å²) in [6.45, 7) is 2.20. The number of piperidine rings is 1. The Morgan fingerprint density at radius 1 is 1.12 bits per heavy atom. The summed E-state index contributed by atoms with van der Waals surface area (Å²) >= 11 is 0. The zero-order chi connectivity index (χ0) is 18.0. The van der Waals surface area contributed by atoms with Gasteiger partial charge < -0.3 is 10.0 Å². The molecule has 1 fully saturated rings. The molecule has 1 aliphatic heterocycles. The summed E-state index contributed by atoms with van der Waals surface area (Å²) in [7, 11) is 0. The van der Waals surface area contributed by atoms with Gasteiger partial charge in [0.25, 0.3) is 0 Å². The van der Waals surface area contributed by atoms with Crippen molar-refractivity contribution in [1.82, 2.24) is 4.90 Å². The first kappa shape index (κ1) is 17.6. The van der Waals surface area contributed by atoms with Crippen molar-refractivity contribution < 1.29 is 19.5 Å². The average molecular weight is 343 g/mol. The number of aryl methyl sites for hydroxylation is 2. The van der Waals surface area contributed by atoms with Crippen LogP contribution in [0.2, 0.25) is 0 Å². The molecule has 2 aliphatic rings. The van der Waals surface area contributed by atoms with Crippen LogP contribution in [0.4, 0.5) is 0 Å². The molecular weight excluding hydrogens is 318 g/mol. The van der Waals surface area contributed by atoms with Gasteiger partial charge in [-0.2, -0.15) is 0 Å². The second-order valence-electron chi connectivity index (χ2n) is 7.27. The number of carbonyl (C=O) groups is 3. The third kappa shape index (κ3) is 3.91. The van der Waals surface area contributed by atoms with Crippen LogP contribution >= 0.6 is 0 Å². The van der Waals surface area contributed by atoms with Crippen LogP contribution in [0.5, 0.6) is 0 Å². The van der Waals surface area contributed by atoms with Crippen LogP contribution in [0.25, 0.3) is 0 Å². The fourth-order valence-corrected chi connectivity index (χ4v) is 3.91. The van der Waals surface area contributed by atoms with E-state index in [4.69, 9.17) is 0 Å². The monoisotopic (exact) mass is 343 g/mol. The van der Waals surface area contributed by atoms with Crippen molar-refractivity contribution >= 4 is 17.7 Å². The van der Waals surface area contributed by atoms with E-state index in [1.54, 1.807) is 4.90 Å². The number of carbonyl (C=O) groups excluding carboxylic acids is 2. The normalized spacial score (nSPS) is 22.5. The number of fused-ring (bicyclic) bond motifs is 1. The molecule has 3 rings (SSSR count). The number of hydrogen-bond acceptors (Lipinski definition) is 3. The van der Waals surface area contributed by atoms with Gasteiger partial charge in [-0.1, -0.05) is 12.1 Å². The maximum absolute atomic E-state index is 12.5. The number of Topliss-reactive ketones (excluding diaryl/α,β-unsaturated/α-hetero) is 1. The van der Waals surface area contributed by atoms with Gasteiger partial charge in [0.2, 0.25) is 5.91 Å². The molecule has 2 unspecified atom stereocenters. The SMILES string of the molecule is CC1CCC(C(=O)O)CN1C(=O)CCC(=O)c1ccc2c(c1)CCC2. The van der Waals surface area contributed by atoms with E-state index in [2.05, 4.69) is 0 Å². The Labute approximate surface area is 148 Å². The van der Waals surface area contributed by atoms with E-state index in [-0.39, 0.29) is 37.1 Å². The lowest BCUT2D eigenvalue weighted by Gasteiger charge is -2.36. The highest BCUT2D eigenvalue weighted by Gasteiger charge is 2.32. The molecule has 0 spiro atoms. The number of nitrogens with zero attached hydrogens (tertiary/aromatic N) is 1. The van der Waals surface area contributed by atoms with Crippen LogP contribution in [-0.2, 0) is 22.4 Å². The van der Waals surface area contributed by atoms with Crippen LogP contribution in [-0.4, -0.2) is 40.3 Å². The van der Waals surface area contributed by atoms with Crippen LogP contribution in [0, 0.1) is 5.92 Å². The maximum Gasteiger partial charge on any atom is 0.308 e.